The van der Waals surface area contributed by atoms with Crippen LogP contribution in [0.5, 0.6) is 0 Å². The quantitative estimate of drug-likeness (QED) is 0.269. The molecule has 0 aromatic heterocycles. The molecule has 0 fully saturated rings. The Bertz CT molecular complexity index is 1010. The summed E-state index contributed by atoms with van der Waals surface area (Å²) in [6.07, 6.45) is 0. The van der Waals surface area contributed by atoms with E-state index < -0.39 is 5.91 Å². The van der Waals surface area contributed by atoms with Gasteiger partial charge in [-0.1, -0.05) is 35.9 Å². The average Bonchev–Trinajstić information content (AvgIpc) is 2.63. The van der Waals surface area contributed by atoms with E-state index in [4.69, 9.17) is 34.2 Å². The minimum atomic E-state index is -0.598. The summed E-state index contributed by atoms with van der Waals surface area (Å²) in [5.74, 6) is -0.748. The molecular weight excluding hydrogens is 362 g/mol. The SMILES string of the molecule is N=C(N)Nc1ccc(-c2cc(-c3ccc(Cl)cc3)cc(C(N)=O)c2N)cc1. The third-order valence-corrected chi connectivity index (χ3v) is 4.35. The number of hydrogen-bond acceptors (Lipinski definition) is 3. The van der Waals surface area contributed by atoms with Crippen LogP contribution in [0.25, 0.3) is 22.3 Å². The Labute approximate surface area is 161 Å². The molecule has 0 atom stereocenters. The second-order valence-corrected chi connectivity index (χ2v) is 6.41. The summed E-state index contributed by atoms with van der Waals surface area (Å²) in [4.78, 5) is 11.9. The van der Waals surface area contributed by atoms with Gasteiger partial charge in [-0.3, -0.25) is 10.2 Å². The van der Waals surface area contributed by atoms with Crippen LogP contribution in [0.15, 0.2) is 60.7 Å². The van der Waals surface area contributed by atoms with Gasteiger partial charge in [0.05, 0.1) is 11.3 Å². The maximum atomic E-state index is 11.9. The van der Waals surface area contributed by atoms with Crippen LogP contribution in [0.1, 0.15) is 10.4 Å². The number of nitrogens with one attached hydrogen (secondary N) is 2. The van der Waals surface area contributed by atoms with Crippen molar-refractivity contribution in [1.82, 2.24) is 0 Å². The van der Waals surface area contributed by atoms with Crippen molar-refractivity contribution in [3.05, 3.63) is 71.2 Å². The normalized spacial score (nSPS) is 10.4. The van der Waals surface area contributed by atoms with E-state index in [1.54, 1.807) is 30.3 Å². The van der Waals surface area contributed by atoms with Crippen LogP contribution in [0, 0.1) is 5.41 Å². The van der Waals surface area contributed by atoms with Crippen molar-refractivity contribution in [3.8, 4) is 22.3 Å². The predicted octanol–water partition coefficient (Wildman–Crippen LogP) is 3.66. The molecule has 3 aromatic carbocycles. The first-order valence-corrected chi connectivity index (χ1v) is 8.43. The van der Waals surface area contributed by atoms with Crippen molar-refractivity contribution in [1.29, 1.82) is 5.41 Å². The van der Waals surface area contributed by atoms with E-state index >= 15 is 0 Å². The number of amides is 1. The second-order valence-electron chi connectivity index (χ2n) is 5.97. The van der Waals surface area contributed by atoms with E-state index in [9.17, 15) is 4.79 Å². The van der Waals surface area contributed by atoms with Gasteiger partial charge in [0.2, 0.25) is 0 Å². The summed E-state index contributed by atoms with van der Waals surface area (Å²) in [5, 5.41) is 10.6. The monoisotopic (exact) mass is 379 g/mol. The molecule has 6 nitrogen and oxygen atoms in total. The minimum absolute atomic E-state index is 0.150. The Balaban J connectivity index is 2.12. The number of anilines is 2. The number of nitrogens with two attached hydrogens (primary N) is 3. The van der Waals surface area contributed by atoms with Gasteiger partial charge in [-0.25, -0.2) is 0 Å². The molecule has 3 aromatic rings. The molecule has 0 unspecified atom stereocenters. The summed E-state index contributed by atoms with van der Waals surface area (Å²) in [7, 11) is 0. The van der Waals surface area contributed by atoms with Crippen molar-refractivity contribution < 1.29 is 4.79 Å². The highest BCUT2D eigenvalue weighted by Gasteiger charge is 2.15. The third kappa shape index (κ3) is 4.02. The van der Waals surface area contributed by atoms with Gasteiger partial charge in [0.15, 0.2) is 5.96 Å². The van der Waals surface area contributed by atoms with Crippen molar-refractivity contribution in [3.63, 3.8) is 0 Å². The molecule has 8 N–H and O–H groups in total. The topological polar surface area (TPSA) is 131 Å². The van der Waals surface area contributed by atoms with Crippen LogP contribution in [0.2, 0.25) is 5.02 Å². The molecular formula is C20H18ClN5O. The summed E-state index contributed by atoms with van der Waals surface area (Å²) in [6.45, 7) is 0. The molecule has 0 saturated heterocycles. The van der Waals surface area contributed by atoms with Crippen LogP contribution in [0.4, 0.5) is 11.4 Å². The van der Waals surface area contributed by atoms with E-state index in [0.29, 0.717) is 22.0 Å². The van der Waals surface area contributed by atoms with E-state index in [0.717, 1.165) is 16.7 Å². The van der Waals surface area contributed by atoms with Gasteiger partial charge in [0.25, 0.3) is 5.91 Å². The fourth-order valence-corrected chi connectivity index (χ4v) is 2.92. The highest BCUT2D eigenvalue weighted by atomic mass is 35.5. The number of benzene rings is 3. The van der Waals surface area contributed by atoms with Crippen molar-refractivity contribution in [2.45, 2.75) is 0 Å². The van der Waals surface area contributed by atoms with Crippen LogP contribution >= 0.6 is 11.6 Å². The molecule has 27 heavy (non-hydrogen) atoms. The Morgan fingerprint density at radius 1 is 0.889 bits per heavy atom. The molecule has 0 heterocycles. The van der Waals surface area contributed by atoms with E-state index in [1.165, 1.54) is 0 Å². The molecule has 0 bridgehead atoms. The number of primary amides is 1. The van der Waals surface area contributed by atoms with Crippen LogP contribution in [-0.4, -0.2) is 11.9 Å². The van der Waals surface area contributed by atoms with Crippen molar-refractivity contribution in [2.24, 2.45) is 11.5 Å². The number of halogens is 1. The Hall–Kier alpha value is -3.51. The fourth-order valence-electron chi connectivity index (χ4n) is 2.79. The van der Waals surface area contributed by atoms with Crippen LogP contribution in [-0.2, 0) is 0 Å². The number of rotatable bonds is 4. The largest absolute Gasteiger partial charge is 0.398 e. The first kappa shape index (κ1) is 18.3. The lowest BCUT2D eigenvalue weighted by Crippen LogP contribution is -2.20. The molecule has 136 valence electrons. The first-order valence-electron chi connectivity index (χ1n) is 8.06. The highest BCUT2D eigenvalue weighted by Crippen LogP contribution is 2.35. The molecule has 0 aliphatic carbocycles. The van der Waals surface area contributed by atoms with Crippen molar-refractivity contribution >= 4 is 34.8 Å². The molecule has 0 spiro atoms. The molecule has 1 amide bonds. The van der Waals surface area contributed by atoms with E-state index in [1.807, 2.05) is 30.3 Å². The van der Waals surface area contributed by atoms with Gasteiger partial charge in [-0.05, 0) is 53.1 Å². The lowest BCUT2D eigenvalue weighted by molar-refractivity contribution is 0.100. The summed E-state index contributed by atoms with van der Waals surface area (Å²) in [6, 6.07) is 18.1. The maximum Gasteiger partial charge on any atom is 0.250 e. The zero-order chi connectivity index (χ0) is 19.6. The minimum Gasteiger partial charge on any atom is -0.398 e. The standard InChI is InChI=1S/C20H18ClN5O/c21-14-5-1-11(2-6-14)13-9-16(18(22)17(10-13)19(23)27)12-3-7-15(8-4-12)26-20(24)25/h1-10H,22H2,(H2,23,27)(H4,24,25,26). The Kier molecular flexibility index (Phi) is 5.00. The second kappa shape index (κ2) is 7.39. The highest BCUT2D eigenvalue weighted by molar-refractivity contribution is 6.30. The lowest BCUT2D eigenvalue weighted by Gasteiger charge is -2.14. The zero-order valence-corrected chi connectivity index (χ0v) is 15.0. The zero-order valence-electron chi connectivity index (χ0n) is 14.3. The smallest absolute Gasteiger partial charge is 0.250 e. The first-order chi connectivity index (χ1) is 12.8. The summed E-state index contributed by atoms with van der Waals surface area (Å²) < 4.78 is 0. The summed E-state index contributed by atoms with van der Waals surface area (Å²) in [5.41, 5.74) is 21.5. The third-order valence-electron chi connectivity index (χ3n) is 4.10. The Morgan fingerprint density at radius 3 is 2.04 bits per heavy atom. The van der Waals surface area contributed by atoms with Crippen molar-refractivity contribution in [2.75, 3.05) is 11.1 Å². The van der Waals surface area contributed by atoms with Gasteiger partial charge >= 0.3 is 0 Å². The molecule has 0 saturated carbocycles. The van der Waals surface area contributed by atoms with Crippen LogP contribution < -0.4 is 22.5 Å². The number of carbonyl (C=O) groups is 1. The predicted molar refractivity (Wildman–Crippen MR) is 111 cm³/mol. The van der Waals surface area contributed by atoms with Gasteiger partial charge in [0, 0.05) is 16.3 Å². The van der Waals surface area contributed by atoms with Gasteiger partial charge in [-0.2, -0.15) is 0 Å². The summed E-state index contributed by atoms with van der Waals surface area (Å²) >= 11 is 5.96. The van der Waals surface area contributed by atoms with Gasteiger partial charge < -0.3 is 22.5 Å². The number of nitrogen functional groups attached to an aromatic ring is 1. The van der Waals surface area contributed by atoms with E-state index in [2.05, 4.69) is 5.32 Å². The van der Waals surface area contributed by atoms with Gasteiger partial charge in [0.1, 0.15) is 0 Å². The number of guanidine groups is 1. The molecule has 3 rings (SSSR count). The average molecular weight is 380 g/mol. The number of hydrogen-bond donors (Lipinski definition) is 5. The van der Waals surface area contributed by atoms with Crippen LogP contribution in [0.3, 0.4) is 0 Å². The Morgan fingerprint density at radius 2 is 1.48 bits per heavy atom. The fraction of sp³-hybridized carbons (Fsp3) is 0. The maximum absolute atomic E-state index is 11.9. The number of carbonyl (C=O) groups excluding carboxylic acids is 1. The molecule has 0 aliphatic heterocycles. The lowest BCUT2D eigenvalue weighted by atomic mass is 9.93. The van der Waals surface area contributed by atoms with E-state index in [-0.39, 0.29) is 11.5 Å². The van der Waals surface area contributed by atoms with Gasteiger partial charge in [-0.15, -0.1) is 0 Å². The molecule has 0 aliphatic rings. The molecule has 0 radical (unpaired) electrons. The molecule has 7 heteroatoms.